The minimum atomic E-state index is 0.687. The van der Waals surface area contributed by atoms with Crippen LogP contribution in [0, 0.1) is 0 Å². The Hall–Kier alpha value is -4.30. The molecule has 5 aromatic rings. The Bertz CT molecular complexity index is 1520. The quantitative estimate of drug-likeness (QED) is 0.414. The van der Waals surface area contributed by atoms with Crippen LogP contribution in [-0.2, 0) is 4.74 Å². The number of benzene rings is 1. The first-order valence-corrected chi connectivity index (χ1v) is 11.7. The Morgan fingerprint density at radius 3 is 2.57 bits per heavy atom. The van der Waals surface area contributed by atoms with Crippen LogP contribution in [0.3, 0.4) is 0 Å². The zero-order valence-electron chi connectivity index (χ0n) is 19.4. The number of ether oxygens (including phenoxy) is 1. The number of fused-ring (bicyclic) bond motifs is 2. The minimum Gasteiger partial charge on any atom is -0.378 e. The first-order chi connectivity index (χ1) is 17.3. The molecule has 1 aromatic carbocycles. The lowest BCUT2D eigenvalue weighted by atomic mass is 10.2. The van der Waals surface area contributed by atoms with E-state index in [-0.39, 0.29) is 0 Å². The SMILES string of the molecule is CNc1ccc(-c2cnc(N3CCOCC3)c3nc(/C=C/c4ccc5ccccc5n4)cn23)cn1. The van der Waals surface area contributed by atoms with Crippen molar-refractivity contribution in [3.05, 3.63) is 78.5 Å². The summed E-state index contributed by atoms with van der Waals surface area (Å²) in [6.45, 7) is 2.96. The van der Waals surface area contributed by atoms with Crippen LogP contribution in [0.25, 0.3) is 40.0 Å². The Kier molecular flexibility index (Phi) is 5.56. The van der Waals surface area contributed by atoms with Crippen LogP contribution in [0.5, 0.6) is 0 Å². The number of anilines is 2. The predicted molar refractivity (Wildman–Crippen MR) is 139 cm³/mol. The summed E-state index contributed by atoms with van der Waals surface area (Å²) in [6.07, 6.45) is 9.79. The highest BCUT2D eigenvalue weighted by atomic mass is 16.5. The normalized spacial score (nSPS) is 14.3. The smallest absolute Gasteiger partial charge is 0.181 e. The number of rotatable bonds is 5. The molecule has 5 heterocycles. The van der Waals surface area contributed by atoms with Crippen LogP contribution < -0.4 is 10.2 Å². The molecule has 1 N–H and O–H groups in total. The summed E-state index contributed by atoms with van der Waals surface area (Å²) in [5, 5.41) is 4.19. The van der Waals surface area contributed by atoms with E-state index in [0.717, 1.165) is 63.9 Å². The molecular weight excluding hydrogens is 438 g/mol. The van der Waals surface area contributed by atoms with Gasteiger partial charge in [-0.2, -0.15) is 0 Å². The van der Waals surface area contributed by atoms with Gasteiger partial charge in [-0.3, -0.25) is 4.40 Å². The van der Waals surface area contributed by atoms with E-state index in [1.54, 1.807) is 0 Å². The number of nitrogens with zero attached hydrogens (tertiary/aromatic N) is 6. The van der Waals surface area contributed by atoms with Crippen LogP contribution in [-0.4, -0.2) is 57.7 Å². The number of hydrogen-bond donors (Lipinski definition) is 1. The molecule has 174 valence electrons. The highest BCUT2D eigenvalue weighted by Gasteiger charge is 2.19. The average Bonchev–Trinajstić information content (AvgIpc) is 3.36. The number of imidazole rings is 1. The van der Waals surface area contributed by atoms with Gasteiger partial charge in [-0.15, -0.1) is 0 Å². The molecule has 0 saturated carbocycles. The van der Waals surface area contributed by atoms with Crippen molar-refractivity contribution in [3.63, 3.8) is 0 Å². The van der Waals surface area contributed by atoms with Gasteiger partial charge in [0.2, 0.25) is 0 Å². The van der Waals surface area contributed by atoms with Gasteiger partial charge in [0.1, 0.15) is 5.82 Å². The van der Waals surface area contributed by atoms with E-state index in [1.807, 2.05) is 74.2 Å². The first kappa shape index (κ1) is 21.2. The fraction of sp³-hybridized carbons (Fsp3) is 0.185. The van der Waals surface area contributed by atoms with Crippen molar-refractivity contribution in [2.75, 3.05) is 43.6 Å². The molecule has 0 unspecified atom stereocenters. The van der Waals surface area contributed by atoms with Gasteiger partial charge in [-0.1, -0.05) is 24.3 Å². The second-order valence-electron chi connectivity index (χ2n) is 8.37. The molecule has 1 aliphatic heterocycles. The summed E-state index contributed by atoms with van der Waals surface area (Å²) in [5.74, 6) is 1.68. The number of pyridine rings is 2. The third-order valence-corrected chi connectivity index (χ3v) is 6.16. The molecule has 1 fully saturated rings. The number of aromatic nitrogens is 5. The van der Waals surface area contributed by atoms with Crippen molar-refractivity contribution in [3.8, 4) is 11.3 Å². The minimum absolute atomic E-state index is 0.687. The molecular formula is C27H25N7O. The fourth-order valence-electron chi connectivity index (χ4n) is 4.31. The molecule has 4 aromatic heterocycles. The van der Waals surface area contributed by atoms with Gasteiger partial charge in [-0.05, 0) is 36.4 Å². The molecule has 0 amide bonds. The Labute approximate surface area is 203 Å². The summed E-state index contributed by atoms with van der Waals surface area (Å²) in [5.41, 5.74) is 5.42. The molecule has 1 aliphatic rings. The van der Waals surface area contributed by atoms with Crippen molar-refractivity contribution in [1.82, 2.24) is 24.3 Å². The van der Waals surface area contributed by atoms with Gasteiger partial charge >= 0.3 is 0 Å². The highest BCUT2D eigenvalue weighted by molar-refractivity contribution is 5.81. The lowest BCUT2D eigenvalue weighted by Gasteiger charge is -2.28. The van der Waals surface area contributed by atoms with Gasteiger partial charge in [0.25, 0.3) is 0 Å². The second kappa shape index (κ2) is 9.15. The molecule has 0 atom stereocenters. The van der Waals surface area contributed by atoms with Crippen LogP contribution >= 0.6 is 0 Å². The van der Waals surface area contributed by atoms with Crippen molar-refractivity contribution >= 4 is 40.3 Å². The van der Waals surface area contributed by atoms with Crippen molar-refractivity contribution in [2.45, 2.75) is 0 Å². The van der Waals surface area contributed by atoms with Crippen molar-refractivity contribution < 1.29 is 4.74 Å². The number of nitrogens with one attached hydrogen (secondary N) is 1. The molecule has 0 spiro atoms. The van der Waals surface area contributed by atoms with E-state index in [4.69, 9.17) is 19.7 Å². The van der Waals surface area contributed by atoms with Crippen molar-refractivity contribution in [2.24, 2.45) is 0 Å². The molecule has 8 nitrogen and oxygen atoms in total. The van der Waals surface area contributed by atoms with Crippen LogP contribution in [0.2, 0.25) is 0 Å². The average molecular weight is 464 g/mol. The Balaban J connectivity index is 1.42. The zero-order valence-corrected chi connectivity index (χ0v) is 19.4. The molecule has 6 rings (SSSR count). The molecule has 0 bridgehead atoms. The molecule has 8 heteroatoms. The largest absolute Gasteiger partial charge is 0.378 e. The second-order valence-corrected chi connectivity index (χ2v) is 8.37. The number of morpholine rings is 1. The van der Waals surface area contributed by atoms with Gasteiger partial charge in [0.05, 0.1) is 42.0 Å². The first-order valence-electron chi connectivity index (χ1n) is 11.7. The van der Waals surface area contributed by atoms with E-state index >= 15 is 0 Å². The summed E-state index contributed by atoms with van der Waals surface area (Å²) < 4.78 is 7.64. The topological polar surface area (TPSA) is 80.5 Å². The van der Waals surface area contributed by atoms with Crippen molar-refractivity contribution in [1.29, 1.82) is 0 Å². The van der Waals surface area contributed by atoms with Gasteiger partial charge in [-0.25, -0.2) is 19.9 Å². The van der Waals surface area contributed by atoms with Gasteiger partial charge in [0.15, 0.2) is 11.5 Å². The van der Waals surface area contributed by atoms with Gasteiger partial charge in [0, 0.05) is 43.5 Å². The highest BCUT2D eigenvalue weighted by Crippen LogP contribution is 2.27. The van der Waals surface area contributed by atoms with Crippen LogP contribution in [0.15, 0.2) is 67.1 Å². The Morgan fingerprint density at radius 1 is 0.886 bits per heavy atom. The summed E-state index contributed by atoms with van der Waals surface area (Å²) in [7, 11) is 1.86. The Morgan fingerprint density at radius 2 is 1.74 bits per heavy atom. The maximum absolute atomic E-state index is 5.54. The maximum atomic E-state index is 5.54. The summed E-state index contributed by atoms with van der Waals surface area (Å²) in [4.78, 5) is 21.2. The van der Waals surface area contributed by atoms with E-state index in [0.29, 0.717) is 13.2 Å². The fourth-order valence-corrected chi connectivity index (χ4v) is 4.31. The lowest BCUT2D eigenvalue weighted by molar-refractivity contribution is 0.122. The van der Waals surface area contributed by atoms with E-state index in [1.165, 1.54) is 0 Å². The molecule has 35 heavy (non-hydrogen) atoms. The third kappa shape index (κ3) is 4.20. The number of hydrogen-bond acceptors (Lipinski definition) is 7. The third-order valence-electron chi connectivity index (χ3n) is 6.16. The number of para-hydroxylation sites is 1. The monoisotopic (exact) mass is 463 g/mol. The lowest BCUT2D eigenvalue weighted by Crippen LogP contribution is -2.37. The van der Waals surface area contributed by atoms with E-state index in [9.17, 15) is 0 Å². The predicted octanol–water partition coefficient (Wildman–Crippen LogP) is 4.39. The van der Waals surface area contributed by atoms with Gasteiger partial charge < -0.3 is 15.0 Å². The summed E-state index contributed by atoms with van der Waals surface area (Å²) >= 11 is 0. The van der Waals surface area contributed by atoms with Crippen LogP contribution in [0.4, 0.5) is 11.6 Å². The van der Waals surface area contributed by atoms with Crippen LogP contribution in [0.1, 0.15) is 11.4 Å². The molecule has 0 aliphatic carbocycles. The van der Waals surface area contributed by atoms with E-state index < -0.39 is 0 Å². The zero-order chi connectivity index (χ0) is 23.6. The standard InChI is InChI=1S/C27H25N7O/c1-28-25-11-7-20(16-29-25)24-17-30-26(33-12-14-35-15-13-33)27-32-22(18-34(24)27)10-9-21-8-6-19-4-2-3-5-23(19)31-21/h2-11,16-18H,12-15H2,1H3,(H,28,29)/b10-9+. The maximum Gasteiger partial charge on any atom is 0.181 e. The molecule has 1 saturated heterocycles. The van der Waals surface area contributed by atoms with E-state index in [2.05, 4.69) is 31.7 Å². The summed E-state index contributed by atoms with van der Waals surface area (Å²) in [6, 6.07) is 16.2. The molecule has 0 radical (unpaired) electrons.